The van der Waals surface area contributed by atoms with Crippen LogP contribution in [-0.2, 0) is 23.9 Å². The highest BCUT2D eigenvalue weighted by molar-refractivity contribution is 7.90. The molecule has 2 aromatic carbocycles. The van der Waals surface area contributed by atoms with Gasteiger partial charge in [-0.15, -0.1) is 0 Å². The Hall–Kier alpha value is -4.17. The van der Waals surface area contributed by atoms with Gasteiger partial charge in [0.25, 0.3) is 11.1 Å². The fraction of sp³-hybridized carbons (Fsp3) is 0.111. The standard InChI is InChI=1S/C27H23N3O4S/c1-29-15-22(17-7-5-4-6-8-17)20(14-25(29)31)23-16-30(2)27(32)26-21(23)13-24(28-26)18-9-11-19(12-10-18)35(3,33)34/h4-16,28H,1-3H3. The Balaban J connectivity index is 1.77. The fourth-order valence-corrected chi connectivity index (χ4v) is 4.92. The number of rotatable bonds is 4. The third kappa shape index (κ3) is 4.02. The number of aryl methyl sites for hydroxylation is 2. The molecule has 0 bridgehead atoms. The molecule has 0 fully saturated rings. The number of pyridine rings is 2. The van der Waals surface area contributed by atoms with Crippen molar-refractivity contribution in [2.24, 2.45) is 14.1 Å². The van der Waals surface area contributed by atoms with Gasteiger partial charge in [-0.3, -0.25) is 9.59 Å². The topological polar surface area (TPSA) is 93.9 Å². The van der Waals surface area contributed by atoms with Crippen molar-refractivity contribution in [1.29, 1.82) is 0 Å². The second kappa shape index (κ2) is 8.25. The van der Waals surface area contributed by atoms with E-state index in [0.717, 1.165) is 34.1 Å². The third-order valence-electron chi connectivity index (χ3n) is 6.16. The van der Waals surface area contributed by atoms with Crippen molar-refractivity contribution >= 4 is 20.7 Å². The monoisotopic (exact) mass is 485 g/mol. The maximum absolute atomic E-state index is 13.0. The Morgan fingerprint density at radius 1 is 0.743 bits per heavy atom. The van der Waals surface area contributed by atoms with Crippen LogP contribution in [0, 0.1) is 0 Å². The van der Waals surface area contributed by atoms with Crippen LogP contribution in [0.5, 0.6) is 0 Å². The lowest BCUT2D eigenvalue weighted by Gasteiger charge is -2.14. The molecular formula is C27H23N3O4S. The molecule has 0 radical (unpaired) electrons. The summed E-state index contributed by atoms with van der Waals surface area (Å²) < 4.78 is 26.7. The fourth-order valence-electron chi connectivity index (χ4n) is 4.29. The molecular weight excluding hydrogens is 462 g/mol. The van der Waals surface area contributed by atoms with Crippen LogP contribution in [0.25, 0.3) is 44.4 Å². The molecule has 0 aliphatic rings. The van der Waals surface area contributed by atoms with Crippen LogP contribution in [0.2, 0.25) is 0 Å². The molecule has 0 aliphatic heterocycles. The molecule has 176 valence electrons. The lowest BCUT2D eigenvalue weighted by Crippen LogP contribution is -2.18. The van der Waals surface area contributed by atoms with Crippen molar-refractivity contribution in [2.75, 3.05) is 6.26 Å². The number of benzene rings is 2. The first-order valence-electron chi connectivity index (χ1n) is 10.9. The molecule has 35 heavy (non-hydrogen) atoms. The van der Waals surface area contributed by atoms with Gasteiger partial charge in [0.1, 0.15) is 5.52 Å². The van der Waals surface area contributed by atoms with E-state index in [-0.39, 0.29) is 16.0 Å². The highest BCUT2D eigenvalue weighted by Crippen LogP contribution is 2.36. The summed E-state index contributed by atoms with van der Waals surface area (Å²) in [6.07, 6.45) is 4.72. The average Bonchev–Trinajstić information content (AvgIpc) is 3.29. The summed E-state index contributed by atoms with van der Waals surface area (Å²) >= 11 is 0. The number of hydrogen-bond donors (Lipinski definition) is 1. The van der Waals surface area contributed by atoms with Crippen LogP contribution in [0.4, 0.5) is 0 Å². The summed E-state index contributed by atoms with van der Waals surface area (Å²) in [7, 11) is 0.0729. The Morgan fingerprint density at radius 2 is 1.40 bits per heavy atom. The zero-order valence-electron chi connectivity index (χ0n) is 19.4. The van der Waals surface area contributed by atoms with Crippen LogP contribution in [0.15, 0.2) is 93.6 Å². The lowest BCUT2D eigenvalue weighted by molar-refractivity contribution is 0.602. The van der Waals surface area contributed by atoms with E-state index in [1.165, 1.54) is 9.13 Å². The van der Waals surface area contributed by atoms with E-state index in [9.17, 15) is 18.0 Å². The van der Waals surface area contributed by atoms with Crippen LogP contribution < -0.4 is 11.1 Å². The van der Waals surface area contributed by atoms with E-state index >= 15 is 0 Å². The molecule has 3 aromatic heterocycles. The molecule has 0 spiro atoms. The van der Waals surface area contributed by atoms with Crippen LogP contribution in [0.3, 0.4) is 0 Å². The number of fused-ring (bicyclic) bond motifs is 1. The maximum atomic E-state index is 13.0. The predicted molar refractivity (Wildman–Crippen MR) is 138 cm³/mol. The van der Waals surface area contributed by atoms with E-state index in [1.807, 2.05) is 36.4 Å². The first-order chi connectivity index (χ1) is 16.6. The van der Waals surface area contributed by atoms with E-state index in [0.29, 0.717) is 16.6 Å². The molecule has 0 saturated heterocycles. The molecule has 5 rings (SSSR count). The van der Waals surface area contributed by atoms with Gasteiger partial charge in [-0.25, -0.2) is 8.42 Å². The molecule has 3 heterocycles. The van der Waals surface area contributed by atoms with Crippen molar-refractivity contribution < 1.29 is 8.42 Å². The summed E-state index contributed by atoms with van der Waals surface area (Å²) in [5, 5.41) is 0.681. The average molecular weight is 486 g/mol. The molecule has 7 nitrogen and oxygen atoms in total. The zero-order chi connectivity index (χ0) is 24.9. The Labute approximate surface area is 201 Å². The minimum absolute atomic E-state index is 0.159. The molecule has 0 unspecified atom stereocenters. The van der Waals surface area contributed by atoms with Gasteiger partial charge < -0.3 is 14.1 Å². The van der Waals surface area contributed by atoms with E-state index in [1.54, 1.807) is 56.8 Å². The molecule has 0 atom stereocenters. The van der Waals surface area contributed by atoms with Crippen molar-refractivity contribution in [3.63, 3.8) is 0 Å². The SMILES string of the molecule is Cn1cc(-c2ccccc2)c(-c2cn(C)c(=O)c3[nH]c(-c4ccc(S(C)(=O)=O)cc4)cc23)cc1=O. The van der Waals surface area contributed by atoms with Crippen molar-refractivity contribution in [3.05, 3.63) is 99.8 Å². The quantitative estimate of drug-likeness (QED) is 0.417. The van der Waals surface area contributed by atoms with Crippen LogP contribution in [-0.4, -0.2) is 28.8 Å². The number of H-pyrrole nitrogens is 1. The lowest BCUT2D eigenvalue weighted by atomic mass is 9.95. The number of aromatic nitrogens is 3. The first kappa shape index (κ1) is 22.6. The smallest absolute Gasteiger partial charge is 0.274 e. The van der Waals surface area contributed by atoms with Gasteiger partial charge in [-0.2, -0.15) is 0 Å². The second-order valence-electron chi connectivity index (χ2n) is 8.64. The maximum Gasteiger partial charge on any atom is 0.274 e. The largest absolute Gasteiger partial charge is 0.350 e. The molecule has 1 N–H and O–H groups in total. The molecule has 0 amide bonds. The molecule has 5 aromatic rings. The highest BCUT2D eigenvalue weighted by Gasteiger charge is 2.18. The van der Waals surface area contributed by atoms with Gasteiger partial charge in [-0.1, -0.05) is 42.5 Å². The summed E-state index contributed by atoms with van der Waals surface area (Å²) in [4.78, 5) is 29.1. The van der Waals surface area contributed by atoms with Crippen molar-refractivity contribution in [1.82, 2.24) is 14.1 Å². The number of nitrogens with one attached hydrogen (secondary N) is 1. The Morgan fingerprint density at radius 3 is 2.06 bits per heavy atom. The highest BCUT2D eigenvalue weighted by atomic mass is 32.2. The van der Waals surface area contributed by atoms with E-state index in [4.69, 9.17) is 0 Å². The number of aromatic amines is 1. The summed E-state index contributed by atoms with van der Waals surface area (Å²) in [5.41, 5.74) is 4.75. The number of nitrogens with zero attached hydrogens (tertiary/aromatic N) is 2. The van der Waals surface area contributed by atoms with Crippen LogP contribution >= 0.6 is 0 Å². The minimum Gasteiger partial charge on any atom is -0.350 e. The summed E-state index contributed by atoms with van der Waals surface area (Å²) in [6.45, 7) is 0. The van der Waals surface area contributed by atoms with E-state index in [2.05, 4.69) is 4.98 Å². The van der Waals surface area contributed by atoms with Crippen LogP contribution in [0.1, 0.15) is 0 Å². The van der Waals surface area contributed by atoms with Gasteiger partial charge in [0, 0.05) is 61.0 Å². The van der Waals surface area contributed by atoms with Crippen molar-refractivity contribution in [3.8, 4) is 33.5 Å². The van der Waals surface area contributed by atoms with Gasteiger partial charge in [0.05, 0.1) is 4.90 Å². The van der Waals surface area contributed by atoms with Crippen molar-refractivity contribution in [2.45, 2.75) is 4.90 Å². The van der Waals surface area contributed by atoms with Gasteiger partial charge in [-0.05, 0) is 34.9 Å². The van der Waals surface area contributed by atoms with Gasteiger partial charge in [0.15, 0.2) is 9.84 Å². The molecule has 8 heteroatoms. The minimum atomic E-state index is -3.32. The van der Waals surface area contributed by atoms with Gasteiger partial charge in [0.2, 0.25) is 0 Å². The normalized spacial score (nSPS) is 11.7. The third-order valence-corrected chi connectivity index (χ3v) is 7.29. The Bertz CT molecular complexity index is 1810. The second-order valence-corrected chi connectivity index (χ2v) is 10.7. The predicted octanol–water partition coefficient (Wildman–Crippen LogP) is 3.97. The summed E-state index contributed by atoms with van der Waals surface area (Å²) in [6, 6.07) is 19.7. The molecule has 0 saturated carbocycles. The number of sulfone groups is 1. The number of hydrogen-bond acceptors (Lipinski definition) is 4. The van der Waals surface area contributed by atoms with Gasteiger partial charge >= 0.3 is 0 Å². The zero-order valence-corrected chi connectivity index (χ0v) is 20.3. The first-order valence-corrected chi connectivity index (χ1v) is 12.8. The summed E-state index contributed by atoms with van der Waals surface area (Å²) in [5.74, 6) is 0. The molecule has 0 aliphatic carbocycles. The van der Waals surface area contributed by atoms with E-state index < -0.39 is 9.84 Å². The Kier molecular flexibility index (Phi) is 5.33.